The van der Waals surface area contributed by atoms with Crippen molar-refractivity contribution in [2.24, 2.45) is 7.05 Å². The van der Waals surface area contributed by atoms with Gasteiger partial charge in [0.2, 0.25) is 5.91 Å². The first-order chi connectivity index (χ1) is 11.6. The van der Waals surface area contributed by atoms with Gasteiger partial charge in [0.15, 0.2) is 5.82 Å². The van der Waals surface area contributed by atoms with Crippen LogP contribution in [0.25, 0.3) is 11.0 Å². The molecule has 0 bridgehead atoms. The first-order valence-corrected chi connectivity index (χ1v) is 8.05. The first-order valence-electron chi connectivity index (χ1n) is 8.05. The van der Waals surface area contributed by atoms with Gasteiger partial charge in [-0.15, -0.1) is 0 Å². The average molecular weight is 325 g/mol. The summed E-state index contributed by atoms with van der Waals surface area (Å²) in [5.74, 6) is 0.462. The molecule has 0 aliphatic carbocycles. The Morgan fingerprint density at radius 3 is 2.67 bits per heavy atom. The molecule has 0 saturated heterocycles. The molecule has 1 amide bonds. The summed E-state index contributed by atoms with van der Waals surface area (Å²) in [6, 6.07) is 14.9. The van der Waals surface area contributed by atoms with Crippen LogP contribution in [0.15, 0.2) is 48.5 Å². The fraction of sp³-hybridized carbons (Fsp3) is 0.263. The molecule has 0 atom stereocenters. The summed E-state index contributed by atoms with van der Waals surface area (Å²) < 4.78 is 15.6. The molecule has 1 heterocycles. The third-order valence-corrected chi connectivity index (χ3v) is 4.11. The Bertz CT molecular complexity index is 842. The van der Waals surface area contributed by atoms with Crippen molar-refractivity contribution in [2.75, 3.05) is 6.54 Å². The van der Waals surface area contributed by atoms with Crippen LogP contribution in [0.3, 0.4) is 0 Å². The quantitative estimate of drug-likeness (QED) is 0.757. The lowest BCUT2D eigenvalue weighted by atomic mass is 10.1. The fourth-order valence-corrected chi connectivity index (χ4v) is 2.76. The van der Waals surface area contributed by atoms with E-state index in [4.69, 9.17) is 0 Å². The van der Waals surface area contributed by atoms with Gasteiger partial charge < -0.3 is 9.88 Å². The number of benzene rings is 2. The summed E-state index contributed by atoms with van der Waals surface area (Å²) in [6.45, 7) is 0.492. The highest BCUT2D eigenvalue weighted by atomic mass is 19.1. The number of carbonyl (C=O) groups excluding carboxylic acids is 1. The largest absolute Gasteiger partial charge is 0.356 e. The van der Waals surface area contributed by atoms with Crippen molar-refractivity contribution in [2.45, 2.75) is 19.3 Å². The molecule has 0 fully saturated rings. The predicted molar refractivity (Wildman–Crippen MR) is 92.1 cm³/mol. The maximum atomic E-state index is 13.7. The maximum absolute atomic E-state index is 13.7. The second-order valence-corrected chi connectivity index (χ2v) is 5.78. The van der Waals surface area contributed by atoms with Gasteiger partial charge in [-0.3, -0.25) is 4.79 Å². The molecule has 1 aromatic heterocycles. The van der Waals surface area contributed by atoms with Gasteiger partial charge in [0.25, 0.3) is 0 Å². The summed E-state index contributed by atoms with van der Waals surface area (Å²) >= 11 is 0. The zero-order chi connectivity index (χ0) is 16.9. The van der Waals surface area contributed by atoms with Gasteiger partial charge in [-0.05, 0) is 24.1 Å². The lowest BCUT2D eigenvalue weighted by Crippen LogP contribution is -2.26. The summed E-state index contributed by atoms with van der Waals surface area (Å²) in [4.78, 5) is 16.3. The number of para-hydroxylation sites is 1. The average Bonchev–Trinajstić information content (AvgIpc) is 2.92. The van der Waals surface area contributed by atoms with Crippen LogP contribution < -0.4 is 5.32 Å². The van der Waals surface area contributed by atoms with E-state index in [1.807, 2.05) is 48.0 Å². The number of nitrogens with zero attached hydrogens (tertiary/aromatic N) is 2. The fourth-order valence-electron chi connectivity index (χ4n) is 2.76. The van der Waals surface area contributed by atoms with Crippen LogP contribution in [0.2, 0.25) is 0 Å². The van der Waals surface area contributed by atoms with Crippen molar-refractivity contribution in [1.82, 2.24) is 14.9 Å². The van der Waals surface area contributed by atoms with E-state index < -0.39 is 0 Å². The predicted octanol–water partition coefficient (Wildman–Crippen LogP) is 3.00. The molecule has 5 heteroatoms. The van der Waals surface area contributed by atoms with E-state index in [9.17, 15) is 9.18 Å². The van der Waals surface area contributed by atoms with Gasteiger partial charge in [0, 0.05) is 26.4 Å². The van der Waals surface area contributed by atoms with Crippen molar-refractivity contribution >= 4 is 16.9 Å². The number of nitrogens with one attached hydrogen (secondary N) is 1. The Morgan fingerprint density at radius 1 is 1.12 bits per heavy atom. The Kier molecular flexibility index (Phi) is 4.89. The molecule has 0 aliphatic rings. The van der Waals surface area contributed by atoms with E-state index in [0.29, 0.717) is 24.9 Å². The molecule has 3 aromatic rings. The minimum Gasteiger partial charge on any atom is -0.356 e. The number of aromatic nitrogens is 2. The molecule has 0 saturated carbocycles. The van der Waals surface area contributed by atoms with Crippen molar-refractivity contribution < 1.29 is 9.18 Å². The van der Waals surface area contributed by atoms with Crippen molar-refractivity contribution in [1.29, 1.82) is 0 Å². The molecular weight excluding hydrogens is 305 g/mol. The third-order valence-electron chi connectivity index (χ3n) is 4.11. The minimum atomic E-state index is -0.318. The number of rotatable bonds is 6. The van der Waals surface area contributed by atoms with Gasteiger partial charge in [-0.1, -0.05) is 36.4 Å². The Morgan fingerprint density at radius 2 is 1.92 bits per heavy atom. The van der Waals surface area contributed by atoms with E-state index in [2.05, 4.69) is 10.3 Å². The van der Waals surface area contributed by atoms with Crippen molar-refractivity contribution in [3.63, 3.8) is 0 Å². The molecule has 0 spiro atoms. The van der Waals surface area contributed by atoms with E-state index in [1.54, 1.807) is 6.07 Å². The molecule has 2 aromatic carbocycles. The van der Waals surface area contributed by atoms with Gasteiger partial charge >= 0.3 is 0 Å². The van der Waals surface area contributed by atoms with E-state index in [1.165, 1.54) is 6.07 Å². The summed E-state index contributed by atoms with van der Waals surface area (Å²) in [5, 5.41) is 2.90. The van der Waals surface area contributed by atoms with Crippen LogP contribution >= 0.6 is 0 Å². The smallest absolute Gasteiger partial charge is 0.220 e. The van der Waals surface area contributed by atoms with Crippen LogP contribution in [-0.2, 0) is 24.7 Å². The molecule has 24 heavy (non-hydrogen) atoms. The van der Waals surface area contributed by atoms with Gasteiger partial charge in [-0.25, -0.2) is 9.37 Å². The summed E-state index contributed by atoms with van der Waals surface area (Å²) in [5.41, 5.74) is 2.30. The molecular formula is C19H20FN3O. The second-order valence-electron chi connectivity index (χ2n) is 5.78. The molecule has 1 N–H and O–H groups in total. The van der Waals surface area contributed by atoms with Crippen LogP contribution in [0.1, 0.15) is 17.8 Å². The number of fused-ring (bicyclic) bond motifs is 1. The summed E-state index contributed by atoms with van der Waals surface area (Å²) in [6.07, 6.45) is 1.76. The van der Waals surface area contributed by atoms with E-state index >= 15 is 0 Å². The standard InChI is InChI=1S/C19H20FN3O/c1-23-16-9-5-8-15(20)19(16)22-17(23)12-13-21-18(24)11-10-14-6-3-2-4-7-14/h2-9H,10-13H2,1H3,(H,21,24). The van der Waals surface area contributed by atoms with Gasteiger partial charge in [0.05, 0.1) is 5.52 Å². The Labute approximate surface area is 140 Å². The number of hydrogen-bond donors (Lipinski definition) is 1. The van der Waals surface area contributed by atoms with Crippen LogP contribution in [0.5, 0.6) is 0 Å². The number of imidazole rings is 1. The normalized spacial score (nSPS) is 10.9. The molecule has 124 valence electrons. The van der Waals surface area contributed by atoms with Crippen molar-refractivity contribution in [3.8, 4) is 0 Å². The van der Waals surface area contributed by atoms with Crippen molar-refractivity contribution in [3.05, 3.63) is 65.7 Å². The third kappa shape index (κ3) is 3.62. The topological polar surface area (TPSA) is 46.9 Å². The molecule has 0 radical (unpaired) electrons. The molecule has 0 unspecified atom stereocenters. The highest BCUT2D eigenvalue weighted by Gasteiger charge is 2.11. The lowest BCUT2D eigenvalue weighted by Gasteiger charge is -2.06. The second kappa shape index (κ2) is 7.25. The van der Waals surface area contributed by atoms with Crippen LogP contribution in [-0.4, -0.2) is 22.0 Å². The van der Waals surface area contributed by atoms with E-state index in [0.717, 1.165) is 23.3 Å². The summed E-state index contributed by atoms with van der Waals surface area (Å²) in [7, 11) is 1.86. The highest BCUT2D eigenvalue weighted by Crippen LogP contribution is 2.17. The van der Waals surface area contributed by atoms with E-state index in [-0.39, 0.29) is 11.7 Å². The van der Waals surface area contributed by atoms with Gasteiger partial charge in [-0.2, -0.15) is 0 Å². The number of hydrogen-bond acceptors (Lipinski definition) is 2. The van der Waals surface area contributed by atoms with Crippen LogP contribution in [0, 0.1) is 5.82 Å². The number of halogens is 1. The number of aryl methyl sites for hydroxylation is 2. The first kappa shape index (κ1) is 16.2. The number of amides is 1. The zero-order valence-corrected chi connectivity index (χ0v) is 13.6. The molecule has 3 rings (SSSR count). The van der Waals surface area contributed by atoms with Gasteiger partial charge in [0.1, 0.15) is 11.3 Å². The number of carbonyl (C=O) groups is 1. The highest BCUT2D eigenvalue weighted by molar-refractivity contribution is 5.77. The molecule has 4 nitrogen and oxygen atoms in total. The minimum absolute atomic E-state index is 0.0174. The lowest BCUT2D eigenvalue weighted by molar-refractivity contribution is -0.121. The monoisotopic (exact) mass is 325 g/mol. The maximum Gasteiger partial charge on any atom is 0.220 e. The zero-order valence-electron chi connectivity index (χ0n) is 13.6. The molecule has 0 aliphatic heterocycles. The SMILES string of the molecule is Cn1c(CCNC(=O)CCc2ccccc2)nc2c(F)cccc21. The van der Waals surface area contributed by atoms with Crippen LogP contribution in [0.4, 0.5) is 4.39 Å². The Balaban J connectivity index is 1.52. The Hall–Kier alpha value is -2.69.